The van der Waals surface area contributed by atoms with Gasteiger partial charge in [-0.2, -0.15) is 5.10 Å². The van der Waals surface area contributed by atoms with Gasteiger partial charge in [0, 0.05) is 13.1 Å². The molecule has 1 aromatic heterocycles. The maximum absolute atomic E-state index is 12.5. The Morgan fingerprint density at radius 2 is 1.86 bits per heavy atom. The molecule has 1 unspecified atom stereocenters. The van der Waals surface area contributed by atoms with E-state index in [0.29, 0.717) is 41.2 Å². The van der Waals surface area contributed by atoms with Crippen molar-refractivity contribution in [1.82, 2.24) is 19.8 Å². The fourth-order valence-corrected chi connectivity index (χ4v) is 3.60. The van der Waals surface area contributed by atoms with Crippen LogP contribution in [0.2, 0.25) is 0 Å². The minimum atomic E-state index is -3.51. The third-order valence-electron chi connectivity index (χ3n) is 3.89. The Bertz CT molecular complexity index is 564. The summed E-state index contributed by atoms with van der Waals surface area (Å²) < 4.78 is 29.5. The Kier molecular flexibility index (Phi) is 6.37. The minimum absolute atomic E-state index is 0.291. The normalized spacial score (nSPS) is 13.9. The summed E-state index contributed by atoms with van der Waals surface area (Å²) in [5.41, 5.74) is 1.24. The van der Waals surface area contributed by atoms with Crippen molar-refractivity contribution in [1.29, 1.82) is 0 Å². The van der Waals surface area contributed by atoms with Gasteiger partial charge in [0.2, 0.25) is 10.0 Å². The van der Waals surface area contributed by atoms with E-state index in [0.717, 1.165) is 6.54 Å². The Labute approximate surface area is 128 Å². The number of aryl methyl sites for hydroxylation is 1. The van der Waals surface area contributed by atoms with E-state index in [9.17, 15) is 8.42 Å². The summed E-state index contributed by atoms with van der Waals surface area (Å²) in [6.45, 7) is 11.6. The van der Waals surface area contributed by atoms with Crippen LogP contribution < -0.4 is 10.0 Å². The summed E-state index contributed by atoms with van der Waals surface area (Å²) in [5.74, 6) is 0.730. The monoisotopic (exact) mass is 316 g/mol. The molecule has 2 N–H and O–H groups in total. The smallest absolute Gasteiger partial charge is 0.244 e. The second-order valence-corrected chi connectivity index (χ2v) is 7.60. The molecular weight excluding hydrogens is 288 g/mol. The zero-order valence-electron chi connectivity index (χ0n) is 13.9. The second kappa shape index (κ2) is 7.38. The quantitative estimate of drug-likeness (QED) is 0.758. The Morgan fingerprint density at radius 3 is 2.38 bits per heavy atom. The Hall–Kier alpha value is -0.920. The number of aromatic nitrogens is 2. The first-order valence-corrected chi connectivity index (χ1v) is 8.87. The molecule has 0 aliphatic rings. The summed E-state index contributed by atoms with van der Waals surface area (Å²) in [6.07, 6.45) is 0. The molecule has 0 spiro atoms. The van der Waals surface area contributed by atoms with Crippen LogP contribution in [0.5, 0.6) is 0 Å². The van der Waals surface area contributed by atoms with Crippen LogP contribution in [-0.2, 0) is 16.6 Å². The Morgan fingerprint density at radius 1 is 1.24 bits per heavy atom. The third-order valence-corrected chi connectivity index (χ3v) is 5.57. The topological polar surface area (TPSA) is 76.0 Å². The molecule has 1 aromatic rings. The lowest BCUT2D eigenvalue weighted by atomic mass is 9.99. The van der Waals surface area contributed by atoms with Crippen LogP contribution in [0.15, 0.2) is 4.90 Å². The van der Waals surface area contributed by atoms with Crippen molar-refractivity contribution in [3.05, 3.63) is 11.4 Å². The van der Waals surface area contributed by atoms with Gasteiger partial charge in [-0.1, -0.05) is 20.8 Å². The molecule has 0 aliphatic carbocycles. The molecule has 1 rings (SSSR count). The number of hydrogen-bond donors (Lipinski definition) is 2. The number of nitrogens with one attached hydrogen (secondary N) is 2. The van der Waals surface area contributed by atoms with E-state index in [4.69, 9.17) is 0 Å². The average molecular weight is 316 g/mol. The van der Waals surface area contributed by atoms with Gasteiger partial charge >= 0.3 is 0 Å². The fourth-order valence-electron chi connectivity index (χ4n) is 2.05. The summed E-state index contributed by atoms with van der Waals surface area (Å²) >= 11 is 0. The molecule has 0 saturated carbocycles. The highest BCUT2D eigenvalue weighted by atomic mass is 32.2. The fraction of sp³-hybridized carbons (Fsp3) is 0.786. The first-order chi connectivity index (χ1) is 9.70. The van der Waals surface area contributed by atoms with Crippen LogP contribution in [0, 0.1) is 25.7 Å². The number of nitrogens with zero attached hydrogens (tertiary/aromatic N) is 2. The Balaban J connectivity index is 2.95. The summed E-state index contributed by atoms with van der Waals surface area (Å²) in [4.78, 5) is 0.314. The summed E-state index contributed by atoms with van der Waals surface area (Å²) in [6, 6.07) is 0. The number of likely N-dealkylation sites (N-methyl/N-ethyl adjacent to an activating group) is 1. The van der Waals surface area contributed by atoms with E-state index in [1.165, 1.54) is 0 Å². The highest BCUT2D eigenvalue weighted by Crippen LogP contribution is 2.19. The molecule has 0 fully saturated rings. The lowest BCUT2D eigenvalue weighted by molar-refractivity contribution is 0.414. The largest absolute Gasteiger partial charge is 0.318 e. The van der Waals surface area contributed by atoms with Gasteiger partial charge in [-0.25, -0.2) is 13.1 Å². The SMILES string of the molecule is CNCCn1nc(C)c(S(=O)(=O)NCC(C)C(C)C)c1C. The molecule has 1 heterocycles. The van der Waals surface area contributed by atoms with E-state index >= 15 is 0 Å². The predicted octanol–water partition coefficient (Wildman–Crippen LogP) is 1.29. The van der Waals surface area contributed by atoms with E-state index in [2.05, 4.69) is 29.0 Å². The zero-order valence-corrected chi connectivity index (χ0v) is 14.7. The standard InChI is InChI=1S/C14H28N4O2S/c1-10(2)11(3)9-16-21(19,20)14-12(4)17-18(13(14)5)8-7-15-6/h10-11,15-16H,7-9H2,1-6H3. The maximum Gasteiger partial charge on any atom is 0.244 e. The highest BCUT2D eigenvalue weighted by Gasteiger charge is 2.25. The van der Waals surface area contributed by atoms with E-state index in [-0.39, 0.29) is 0 Å². The van der Waals surface area contributed by atoms with Crippen LogP contribution in [-0.4, -0.2) is 38.3 Å². The second-order valence-electron chi connectivity index (χ2n) is 5.90. The molecule has 0 aliphatic heterocycles. The van der Waals surface area contributed by atoms with Gasteiger partial charge < -0.3 is 5.32 Å². The predicted molar refractivity (Wildman–Crippen MR) is 84.8 cm³/mol. The van der Waals surface area contributed by atoms with Crippen LogP contribution in [0.4, 0.5) is 0 Å². The van der Waals surface area contributed by atoms with Crippen LogP contribution in [0.3, 0.4) is 0 Å². The van der Waals surface area contributed by atoms with E-state index in [1.54, 1.807) is 18.5 Å². The molecule has 7 heteroatoms. The van der Waals surface area contributed by atoms with Gasteiger partial charge in [-0.15, -0.1) is 0 Å². The molecule has 6 nitrogen and oxygen atoms in total. The van der Waals surface area contributed by atoms with Crippen molar-refractivity contribution in [2.75, 3.05) is 20.1 Å². The molecule has 0 bridgehead atoms. The van der Waals surface area contributed by atoms with Gasteiger partial charge in [0.1, 0.15) is 4.90 Å². The molecule has 122 valence electrons. The van der Waals surface area contributed by atoms with Gasteiger partial charge in [-0.3, -0.25) is 4.68 Å². The summed E-state index contributed by atoms with van der Waals surface area (Å²) in [5, 5.41) is 7.37. The van der Waals surface area contributed by atoms with Crippen LogP contribution in [0.25, 0.3) is 0 Å². The van der Waals surface area contributed by atoms with Gasteiger partial charge in [0.25, 0.3) is 0 Å². The van der Waals surface area contributed by atoms with Crippen molar-refractivity contribution in [3.63, 3.8) is 0 Å². The van der Waals surface area contributed by atoms with Crippen molar-refractivity contribution in [3.8, 4) is 0 Å². The third kappa shape index (κ3) is 4.52. The highest BCUT2D eigenvalue weighted by molar-refractivity contribution is 7.89. The average Bonchev–Trinajstić information content (AvgIpc) is 2.68. The maximum atomic E-state index is 12.5. The lowest BCUT2D eigenvalue weighted by Gasteiger charge is -2.16. The van der Waals surface area contributed by atoms with E-state index in [1.807, 2.05) is 14.0 Å². The first-order valence-electron chi connectivity index (χ1n) is 7.39. The van der Waals surface area contributed by atoms with Crippen molar-refractivity contribution >= 4 is 10.0 Å². The molecule has 1 atom stereocenters. The number of hydrogen-bond acceptors (Lipinski definition) is 4. The van der Waals surface area contributed by atoms with Crippen LogP contribution >= 0.6 is 0 Å². The van der Waals surface area contributed by atoms with Crippen LogP contribution in [0.1, 0.15) is 32.2 Å². The molecule has 0 aromatic carbocycles. The van der Waals surface area contributed by atoms with Gasteiger partial charge in [0.15, 0.2) is 0 Å². The molecular formula is C14H28N4O2S. The first kappa shape index (κ1) is 18.1. The lowest BCUT2D eigenvalue weighted by Crippen LogP contribution is -2.31. The summed E-state index contributed by atoms with van der Waals surface area (Å²) in [7, 11) is -1.65. The zero-order chi connectivity index (χ0) is 16.2. The van der Waals surface area contributed by atoms with Gasteiger partial charge in [0.05, 0.1) is 17.9 Å². The van der Waals surface area contributed by atoms with Crippen molar-refractivity contribution < 1.29 is 8.42 Å². The molecule has 0 radical (unpaired) electrons. The number of rotatable bonds is 8. The molecule has 0 saturated heterocycles. The van der Waals surface area contributed by atoms with Crippen molar-refractivity contribution in [2.45, 2.75) is 46.1 Å². The number of sulfonamides is 1. The molecule has 21 heavy (non-hydrogen) atoms. The minimum Gasteiger partial charge on any atom is -0.318 e. The molecule has 0 amide bonds. The van der Waals surface area contributed by atoms with E-state index < -0.39 is 10.0 Å². The van der Waals surface area contributed by atoms with Crippen molar-refractivity contribution in [2.24, 2.45) is 11.8 Å². The van der Waals surface area contributed by atoms with Gasteiger partial charge in [-0.05, 0) is 32.7 Å².